The second-order valence-electron chi connectivity index (χ2n) is 28.7. The zero-order valence-corrected chi connectivity index (χ0v) is 64.2. The second kappa shape index (κ2) is 77.7. The number of unbranched alkanes of at least 4 members (excludes halogenated alkanes) is 43. The van der Waals surface area contributed by atoms with Crippen LogP contribution in [0.25, 0.3) is 0 Å². The van der Waals surface area contributed by atoms with E-state index in [9.17, 15) is 19.5 Å². The van der Waals surface area contributed by atoms with Crippen molar-refractivity contribution in [3.05, 3.63) is 109 Å². The molecule has 560 valence electrons. The van der Waals surface area contributed by atoms with Crippen LogP contribution in [0.3, 0.4) is 0 Å². The van der Waals surface area contributed by atoms with Gasteiger partial charge in [-0.3, -0.25) is 9.59 Å². The fraction of sp³-hybridized carbons (Fsp3) is 0.761. The minimum atomic E-state index is -1.64. The van der Waals surface area contributed by atoms with Crippen LogP contribution in [0, 0.1) is 0 Å². The lowest BCUT2D eigenvalue weighted by atomic mass is 10.0. The Morgan fingerprint density at radius 3 is 0.876 bits per heavy atom. The minimum absolute atomic E-state index is 0.137. The van der Waals surface area contributed by atoms with Gasteiger partial charge in [0.2, 0.25) is 0 Å². The molecule has 2 unspecified atom stereocenters. The Hall–Kier alpha value is -4.05. The summed E-state index contributed by atoms with van der Waals surface area (Å²) in [6.07, 6.45) is 107. The highest BCUT2D eigenvalue weighted by atomic mass is 16.7. The van der Waals surface area contributed by atoms with E-state index >= 15 is 0 Å². The molecule has 0 spiro atoms. The number of nitrogens with zero attached hydrogens (tertiary/aromatic N) is 1. The molecule has 0 heterocycles. The molecule has 97 heavy (non-hydrogen) atoms. The molecule has 0 aliphatic rings. The van der Waals surface area contributed by atoms with Gasteiger partial charge in [0, 0.05) is 12.8 Å². The van der Waals surface area contributed by atoms with E-state index in [-0.39, 0.29) is 38.6 Å². The Bertz CT molecular complexity index is 1970. The molecule has 0 aliphatic heterocycles. The van der Waals surface area contributed by atoms with Gasteiger partial charge in [-0.05, 0) is 83.5 Å². The van der Waals surface area contributed by atoms with E-state index in [1.807, 2.05) is 21.1 Å². The third-order valence-corrected chi connectivity index (χ3v) is 18.0. The number of carbonyl (C=O) groups is 3. The molecular formula is C88H155NO8. The summed E-state index contributed by atoms with van der Waals surface area (Å²) in [5.74, 6) is -2.32. The fourth-order valence-electron chi connectivity index (χ4n) is 11.8. The van der Waals surface area contributed by atoms with Crippen molar-refractivity contribution in [1.29, 1.82) is 0 Å². The first-order valence-electron chi connectivity index (χ1n) is 41.0. The normalized spacial score (nSPS) is 13.2. The van der Waals surface area contributed by atoms with Crippen molar-refractivity contribution in [2.45, 2.75) is 386 Å². The zero-order chi connectivity index (χ0) is 70.4. The van der Waals surface area contributed by atoms with Gasteiger partial charge in [-0.1, -0.05) is 386 Å². The summed E-state index contributed by atoms with van der Waals surface area (Å²) in [4.78, 5) is 37.6. The molecule has 0 amide bonds. The predicted molar refractivity (Wildman–Crippen MR) is 417 cm³/mol. The first kappa shape index (κ1) is 93.0. The SMILES string of the molecule is CC/C=C\C/C=C\C/C=C\C/C=C\C/C=C\C/C=C\C/C=C\C/C=C\C/C=C\CCCCCC(=O)OC(COC(=O)CCCCCCCCCCCCCCCCCCCCCCCCCCCCCCCCCCCCCCCCCCC)COC(OCC[N+](C)(C)C)C(=O)[O-]. The van der Waals surface area contributed by atoms with Crippen LogP contribution in [-0.4, -0.2) is 82.3 Å². The van der Waals surface area contributed by atoms with Crippen LogP contribution in [0.15, 0.2) is 109 Å². The maximum atomic E-state index is 12.9. The van der Waals surface area contributed by atoms with Crippen molar-refractivity contribution in [2.24, 2.45) is 0 Å². The van der Waals surface area contributed by atoms with Crippen molar-refractivity contribution in [2.75, 3.05) is 47.5 Å². The summed E-state index contributed by atoms with van der Waals surface area (Å²) in [6.45, 7) is 4.63. The fourth-order valence-corrected chi connectivity index (χ4v) is 11.8. The number of carbonyl (C=O) groups excluding carboxylic acids is 3. The maximum Gasteiger partial charge on any atom is 0.306 e. The van der Waals surface area contributed by atoms with Crippen LogP contribution >= 0.6 is 0 Å². The smallest absolute Gasteiger partial charge is 0.306 e. The highest BCUT2D eigenvalue weighted by molar-refractivity contribution is 5.70. The second-order valence-corrected chi connectivity index (χ2v) is 28.7. The van der Waals surface area contributed by atoms with Gasteiger partial charge in [-0.2, -0.15) is 0 Å². The van der Waals surface area contributed by atoms with E-state index in [1.165, 1.54) is 244 Å². The summed E-state index contributed by atoms with van der Waals surface area (Å²) in [7, 11) is 5.92. The van der Waals surface area contributed by atoms with E-state index in [4.69, 9.17) is 18.9 Å². The number of carboxylic acids is 1. The Morgan fingerprint density at radius 1 is 0.320 bits per heavy atom. The standard InChI is InChI=1S/C88H155NO8/c1-6-8-10-12-14-16-18-20-22-24-26-28-30-32-34-36-38-39-40-41-42-43-44-45-46-47-49-50-52-54-56-58-60-62-64-66-68-70-72-74-76-78-85(90)95-82-84(83-96-88(87(92)93)94-81-80-89(3,4)5)97-86(91)79-77-75-73-71-69-67-65-63-61-59-57-55-53-51-48-37-35-33-31-29-27-25-23-21-19-17-15-13-11-9-7-2/h9,11,15,17,21,23,27,29,33,35,48,51,55,57,61,63,67,69,84,88H,6-8,10,12-14,16,18-20,22,24-26,28,30-32,34,36-47,49-50,52-54,56,58-60,62,64-66,68,70-83H2,1-5H3/b11-9-,17-15-,23-21-,29-27-,35-33-,51-48-,57-55-,63-61-,69-67-. The molecule has 0 radical (unpaired) electrons. The molecule has 0 saturated carbocycles. The van der Waals surface area contributed by atoms with Crippen molar-refractivity contribution < 1.29 is 42.9 Å². The predicted octanol–water partition coefficient (Wildman–Crippen LogP) is 25.1. The monoisotopic (exact) mass is 1350 g/mol. The average Bonchev–Trinajstić information content (AvgIpc) is 2.39. The van der Waals surface area contributed by atoms with Gasteiger partial charge in [-0.15, -0.1) is 0 Å². The van der Waals surface area contributed by atoms with Crippen molar-refractivity contribution in [1.82, 2.24) is 0 Å². The van der Waals surface area contributed by atoms with E-state index in [0.717, 1.165) is 96.3 Å². The molecule has 0 aromatic carbocycles. The van der Waals surface area contributed by atoms with Gasteiger partial charge >= 0.3 is 11.9 Å². The highest BCUT2D eigenvalue weighted by Crippen LogP contribution is 2.19. The quantitative estimate of drug-likeness (QED) is 0.0195. The average molecular weight is 1360 g/mol. The molecule has 0 aromatic heterocycles. The van der Waals surface area contributed by atoms with Crippen LogP contribution in [0.4, 0.5) is 0 Å². The molecule has 0 aromatic rings. The van der Waals surface area contributed by atoms with Crippen LogP contribution in [0.1, 0.15) is 373 Å². The molecule has 0 aliphatic carbocycles. The number of likely N-dealkylation sites (N-methyl/N-ethyl adjacent to an activating group) is 1. The van der Waals surface area contributed by atoms with Crippen LogP contribution < -0.4 is 5.11 Å². The van der Waals surface area contributed by atoms with Gasteiger partial charge in [0.05, 0.1) is 40.3 Å². The van der Waals surface area contributed by atoms with E-state index in [2.05, 4.69) is 123 Å². The number of aliphatic carboxylic acids is 1. The van der Waals surface area contributed by atoms with E-state index < -0.39 is 24.3 Å². The molecule has 0 saturated heterocycles. The Morgan fingerprint density at radius 2 is 0.588 bits per heavy atom. The number of carboxylic acid groups (broad SMARTS) is 1. The third-order valence-electron chi connectivity index (χ3n) is 18.0. The van der Waals surface area contributed by atoms with Gasteiger partial charge < -0.3 is 33.3 Å². The summed E-state index contributed by atoms with van der Waals surface area (Å²) in [5, 5.41) is 11.9. The number of rotatable bonds is 76. The number of quaternary nitrogens is 1. The molecule has 2 atom stereocenters. The maximum absolute atomic E-state index is 12.9. The minimum Gasteiger partial charge on any atom is -0.545 e. The number of hydrogen-bond acceptors (Lipinski definition) is 8. The molecule has 9 nitrogen and oxygen atoms in total. The number of esters is 2. The van der Waals surface area contributed by atoms with Gasteiger partial charge in [0.1, 0.15) is 13.2 Å². The number of ether oxygens (including phenoxy) is 4. The van der Waals surface area contributed by atoms with E-state index in [0.29, 0.717) is 17.4 Å². The molecular weight excluding hydrogens is 1200 g/mol. The summed E-state index contributed by atoms with van der Waals surface area (Å²) >= 11 is 0. The number of allylic oxidation sites excluding steroid dienone is 18. The lowest BCUT2D eigenvalue weighted by Crippen LogP contribution is -2.44. The van der Waals surface area contributed by atoms with Crippen molar-refractivity contribution in [3.8, 4) is 0 Å². The zero-order valence-electron chi connectivity index (χ0n) is 64.2. The van der Waals surface area contributed by atoms with Gasteiger partial charge in [0.25, 0.3) is 0 Å². The Labute approximate surface area is 600 Å². The molecule has 0 bridgehead atoms. The lowest BCUT2D eigenvalue weighted by molar-refractivity contribution is -0.870. The molecule has 0 fully saturated rings. The summed E-state index contributed by atoms with van der Waals surface area (Å²) < 4.78 is 22.8. The van der Waals surface area contributed by atoms with Gasteiger partial charge in [-0.25, -0.2) is 0 Å². The largest absolute Gasteiger partial charge is 0.545 e. The molecule has 9 heteroatoms. The van der Waals surface area contributed by atoms with Gasteiger partial charge in [0.15, 0.2) is 12.4 Å². The van der Waals surface area contributed by atoms with E-state index in [1.54, 1.807) is 0 Å². The Balaban J connectivity index is 4.03. The molecule has 0 N–H and O–H groups in total. The molecule has 0 rings (SSSR count). The van der Waals surface area contributed by atoms with Crippen LogP contribution in [-0.2, 0) is 33.3 Å². The number of hydrogen-bond donors (Lipinski definition) is 0. The highest BCUT2D eigenvalue weighted by Gasteiger charge is 2.22. The summed E-state index contributed by atoms with van der Waals surface area (Å²) in [5.41, 5.74) is 0. The van der Waals surface area contributed by atoms with Crippen molar-refractivity contribution >= 4 is 17.9 Å². The first-order chi connectivity index (χ1) is 47.6. The van der Waals surface area contributed by atoms with Crippen LogP contribution in [0.5, 0.6) is 0 Å². The Kier molecular flexibility index (Phi) is 74.4. The van der Waals surface area contributed by atoms with Crippen molar-refractivity contribution in [3.63, 3.8) is 0 Å². The lowest BCUT2D eigenvalue weighted by Gasteiger charge is -2.26. The van der Waals surface area contributed by atoms with Crippen LogP contribution in [0.2, 0.25) is 0 Å². The third kappa shape index (κ3) is 79.2. The topological polar surface area (TPSA) is 111 Å². The first-order valence-corrected chi connectivity index (χ1v) is 41.0. The summed E-state index contributed by atoms with van der Waals surface area (Å²) in [6, 6.07) is 0.